The van der Waals surface area contributed by atoms with Gasteiger partial charge in [0.1, 0.15) is 0 Å². The molecule has 1 aliphatic rings. The summed E-state index contributed by atoms with van der Waals surface area (Å²) >= 11 is 0. The molecule has 2 aromatic rings. The zero-order valence-electron chi connectivity index (χ0n) is 15.2. The van der Waals surface area contributed by atoms with Crippen molar-refractivity contribution in [3.8, 4) is 0 Å². The number of amides is 1. The molecule has 0 radical (unpaired) electrons. The van der Waals surface area contributed by atoms with Gasteiger partial charge in [0.15, 0.2) is 11.6 Å². The third kappa shape index (κ3) is 5.67. The number of benzene rings is 2. The van der Waals surface area contributed by atoms with Gasteiger partial charge in [-0.05, 0) is 42.3 Å². The Labute approximate surface area is 171 Å². The predicted octanol–water partition coefficient (Wildman–Crippen LogP) is 4.21. The fourth-order valence-electron chi connectivity index (χ4n) is 3.53. The summed E-state index contributed by atoms with van der Waals surface area (Å²) in [7, 11) is 0. The zero-order chi connectivity index (χ0) is 20.3. The molecule has 0 spiro atoms. The van der Waals surface area contributed by atoms with Gasteiger partial charge in [-0.2, -0.15) is 13.2 Å². The van der Waals surface area contributed by atoms with Gasteiger partial charge in [0.25, 0.3) is 0 Å². The van der Waals surface area contributed by atoms with Gasteiger partial charge < -0.3 is 10.6 Å². The normalized spacial score (nSPS) is 19.3. The zero-order valence-corrected chi connectivity index (χ0v) is 16.0. The van der Waals surface area contributed by atoms with Gasteiger partial charge in [0.05, 0.1) is 12.0 Å². The minimum absolute atomic E-state index is 0. The highest BCUT2D eigenvalue weighted by molar-refractivity contribution is 5.85. The highest BCUT2D eigenvalue weighted by Gasteiger charge is 2.34. The summed E-state index contributed by atoms with van der Waals surface area (Å²) in [6.45, 7) is 1.02. The number of nitrogens with one attached hydrogen (secondary N) is 2. The fourth-order valence-corrected chi connectivity index (χ4v) is 3.53. The van der Waals surface area contributed by atoms with E-state index in [0.717, 1.165) is 18.2 Å². The molecule has 3 rings (SSSR count). The van der Waals surface area contributed by atoms with Crippen molar-refractivity contribution >= 4 is 18.3 Å². The summed E-state index contributed by atoms with van der Waals surface area (Å²) in [5.74, 6) is -2.75. The monoisotopic (exact) mass is 434 g/mol. The largest absolute Gasteiger partial charge is 0.416 e. The number of alkyl halides is 3. The number of piperidine rings is 1. The predicted molar refractivity (Wildman–Crippen MR) is 101 cm³/mol. The molecular weight excluding hydrogens is 415 g/mol. The lowest BCUT2D eigenvalue weighted by atomic mass is 9.85. The van der Waals surface area contributed by atoms with Gasteiger partial charge in [-0.3, -0.25) is 4.79 Å². The van der Waals surface area contributed by atoms with Crippen molar-refractivity contribution in [3.63, 3.8) is 0 Å². The first-order valence-corrected chi connectivity index (χ1v) is 8.86. The smallest absolute Gasteiger partial charge is 0.351 e. The highest BCUT2D eigenvalue weighted by atomic mass is 35.5. The molecule has 1 aliphatic heterocycles. The van der Waals surface area contributed by atoms with Gasteiger partial charge in [-0.1, -0.05) is 24.3 Å². The van der Waals surface area contributed by atoms with Crippen molar-refractivity contribution in [2.45, 2.75) is 31.0 Å². The molecule has 2 atom stereocenters. The lowest BCUT2D eigenvalue weighted by Gasteiger charge is -2.33. The van der Waals surface area contributed by atoms with Crippen molar-refractivity contribution < 1.29 is 26.7 Å². The summed E-state index contributed by atoms with van der Waals surface area (Å²) in [6.07, 6.45) is -4.39. The van der Waals surface area contributed by atoms with Crippen molar-refractivity contribution in [2.75, 3.05) is 13.1 Å². The molecule has 1 heterocycles. The molecule has 9 heteroatoms. The molecule has 0 aliphatic carbocycles. The van der Waals surface area contributed by atoms with Crippen LogP contribution in [0.3, 0.4) is 0 Å². The van der Waals surface area contributed by atoms with E-state index in [1.54, 1.807) is 0 Å². The number of carbonyl (C=O) groups is 1. The quantitative estimate of drug-likeness (QED) is 0.708. The summed E-state index contributed by atoms with van der Waals surface area (Å²) in [4.78, 5) is 12.4. The van der Waals surface area contributed by atoms with Crippen LogP contribution in [-0.4, -0.2) is 25.0 Å². The Bertz CT molecular complexity index is 859. The summed E-state index contributed by atoms with van der Waals surface area (Å²) in [5.41, 5.74) is -0.411. The molecular formula is C20H20ClF5N2O. The summed E-state index contributed by atoms with van der Waals surface area (Å²) in [5, 5.41) is 5.85. The van der Waals surface area contributed by atoms with Crippen molar-refractivity contribution in [2.24, 2.45) is 0 Å². The van der Waals surface area contributed by atoms with Crippen molar-refractivity contribution in [1.29, 1.82) is 0 Å². The Morgan fingerprint density at radius 2 is 1.83 bits per heavy atom. The van der Waals surface area contributed by atoms with Crippen LogP contribution in [0.25, 0.3) is 0 Å². The Morgan fingerprint density at radius 3 is 2.52 bits per heavy atom. The first kappa shape index (κ1) is 23.1. The topological polar surface area (TPSA) is 41.1 Å². The molecule has 2 N–H and O–H groups in total. The molecule has 2 unspecified atom stereocenters. The first-order valence-electron chi connectivity index (χ1n) is 8.86. The van der Waals surface area contributed by atoms with Gasteiger partial charge in [0.2, 0.25) is 5.91 Å². The van der Waals surface area contributed by atoms with Crippen molar-refractivity contribution in [1.82, 2.24) is 10.6 Å². The minimum Gasteiger partial charge on any atom is -0.351 e. The number of hydrogen-bond donors (Lipinski definition) is 2. The maximum Gasteiger partial charge on any atom is 0.416 e. The van der Waals surface area contributed by atoms with Gasteiger partial charge in [-0.25, -0.2) is 8.78 Å². The number of carbonyl (C=O) groups excluding carboxylic acids is 1. The molecule has 158 valence electrons. The van der Waals surface area contributed by atoms with E-state index in [-0.39, 0.29) is 23.9 Å². The SMILES string of the molecule is Cl.O=C(Cc1ccccc1C(F)(F)F)NC1CNCCC1c1ccc(F)c(F)c1. The maximum atomic E-state index is 13.6. The minimum atomic E-state index is -4.54. The Kier molecular flexibility index (Phi) is 7.60. The Balaban J connectivity index is 0.00000300. The van der Waals surface area contributed by atoms with Gasteiger partial charge in [-0.15, -0.1) is 12.4 Å². The lowest BCUT2D eigenvalue weighted by Crippen LogP contribution is -2.50. The maximum absolute atomic E-state index is 13.6. The van der Waals surface area contributed by atoms with Crippen LogP contribution in [0.5, 0.6) is 0 Å². The summed E-state index contributed by atoms with van der Waals surface area (Å²) < 4.78 is 66.1. The van der Waals surface area contributed by atoms with E-state index in [9.17, 15) is 26.7 Å². The molecule has 1 fully saturated rings. The molecule has 0 aromatic heterocycles. The second-order valence-electron chi connectivity index (χ2n) is 6.78. The molecule has 0 bridgehead atoms. The van der Waals surface area contributed by atoms with Crippen LogP contribution in [0.2, 0.25) is 0 Å². The van der Waals surface area contributed by atoms with E-state index < -0.39 is 41.7 Å². The third-order valence-electron chi connectivity index (χ3n) is 4.87. The van der Waals surface area contributed by atoms with Crippen LogP contribution in [0, 0.1) is 11.6 Å². The third-order valence-corrected chi connectivity index (χ3v) is 4.87. The van der Waals surface area contributed by atoms with Crippen LogP contribution in [0.15, 0.2) is 42.5 Å². The summed E-state index contributed by atoms with van der Waals surface area (Å²) in [6, 6.07) is 8.09. The Morgan fingerprint density at radius 1 is 1.10 bits per heavy atom. The second-order valence-corrected chi connectivity index (χ2v) is 6.78. The number of hydrogen-bond acceptors (Lipinski definition) is 2. The van der Waals surface area contributed by atoms with Crippen LogP contribution in [0.1, 0.15) is 29.0 Å². The van der Waals surface area contributed by atoms with Crippen LogP contribution in [-0.2, 0) is 17.4 Å². The molecule has 1 amide bonds. The average molecular weight is 435 g/mol. The van der Waals surface area contributed by atoms with Crippen LogP contribution < -0.4 is 10.6 Å². The van der Waals surface area contributed by atoms with Gasteiger partial charge >= 0.3 is 6.18 Å². The molecule has 1 saturated heterocycles. The van der Waals surface area contributed by atoms with E-state index >= 15 is 0 Å². The first-order chi connectivity index (χ1) is 13.3. The van der Waals surface area contributed by atoms with Crippen molar-refractivity contribution in [3.05, 3.63) is 70.8 Å². The van der Waals surface area contributed by atoms with E-state index in [1.165, 1.54) is 24.3 Å². The molecule has 3 nitrogen and oxygen atoms in total. The van der Waals surface area contributed by atoms with E-state index in [4.69, 9.17) is 0 Å². The fraction of sp³-hybridized carbons (Fsp3) is 0.350. The van der Waals surface area contributed by atoms with Gasteiger partial charge in [0, 0.05) is 18.5 Å². The number of rotatable bonds is 4. The van der Waals surface area contributed by atoms with Crippen LogP contribution >= 0.6 is 12.4 Å². The van der Waals surface area contributed by atoms with E-state index in [2.05, 4.69) is 10.6 Å². The molecule has 0 saturated carbocycles. The van der Waals surface area contributed by atoms with Crippen LogP contribution in [0.4, 0.5) is 22.0 Å². The standard InChI is InChI=1S/C20H19F5N2O.ClH/c21-16-6-5-12(9-17(16)22)14-7-8-26-11-18(14)27-19(28)10-13-3-1-2-4-15(13)20(23,24)25;/h1-6,9,14,18,26H,7-8,10-11H2,(H,27,28);1H. The molecule has 29 heavy (non-hydrogen) atoms. The lowest BCUT2D eigenvalue weighted by molar-refractivity contribution is -0.138. The second kappa shape index (κ2) is 9.54. The molecule has 2 aromatic carbocycles. The number of halogens is 6. The van der Waals surface area contributed by atoms with E-state index in [1.807, 2.05) is 0 Å². The van der Waals surface area contributed by atoms with E-state index in [0.29, 0.717) is 25.1 Å². The average Bonchev–Trinajstić information content (AvgIpc) is 2.64. The Hall–Kier alpha value is -2.19. The highest BCUT2D eigenvalue weighted by Crippen LogP contribution is 2.32.